The third-order valence-corrected chi connectivity index (χ3v) is 4.32. The molecule has 9 heteroatoms. The molecule has 110 valence electrons. The van der Waals surface area contributed by atoms with Crippen LogP contribution in [-0.2, 0) is 10.0 Å². The van der Waals surface area contributed by atoms with Gasteiger partial charge < -0.3 is 0 Å². The van der Waals surface area contributed by atoms with E-state index < -0.39 is 14.9 Å². The van der Waals surface area contributed by atoms with E-state index in [-0.39, 0.29) is 21.4 Å². The Morgan fingerprint density at radius 2 is 2.05 bits per heavy atom. The van der Waals surface area contributed by atoms with Crippen molar-refractivity contribution in [3.63, 3.8) is 0 Å². The first-order chi connectivity index (χ1) is 9.81. The lowest BCUT2D eigenvalue weighted by Crippen LogP contribution is -2.14. The van der Waals surface area contributed by atoms with Gasteiger partial charge in [-0.3, -0.25) is 14.8 Å². The highest BCUT2D eigenvalue weighted by Gasteiger charge is 2.20. The highest BCUT2D eigenvalue weighted by molar-refractivity contribution is 7.92. The first kappa shape index (κ1) is 15.2. The summed E-state index contributed by atoms with van der Waals surface area (Å²) in [4.78, 5) is 13.6. The normalized spacial score (nSPS) is 11.1. The van der Waals surface area contributed by atoms with E-state index in [1.807, 2.05) is 0 Å². The van der Waals surface area contributed by atoms with Crippen molar-refractivity contribution in [2.45, 2.75) is 11.8 Å². The van der Waals surface area contributed by atoms with E-state index in [1.54, 1.807) is 13.0 Å². The summed E-state index contributed by atoms with van der Waals surface area (Å²) < 4.78 is 26.8. The third-order valence-electron chi connectivity index (χ3n) is 2.69. The number of sulfonamides is 1. The zero-order valence-corrected chi connectivity index (χ0v) is 12.4. The van der Waals surface area contributed by atoms with Crippen LogP contribution in [0.1, 0.15) is 5.56 Å². The van der Waals surface area contributed by atoms with Gasteiger partial charge in [0.2, 0.25) is 0 Å². The molecule has 0 saturated carbocycles. The molecule has 1 aromatic carbocycles. The monoisotopic (exact) mass is 327 g/mol. The number of aryl methyl sites for hydroxylation is 1. The fourth-order valence-corrected chi connectivity index (χ4v) is 3.09. The topological polar surface area (TPSA) is 102 Å². The number of halogens is 1. The minimum Gasteiger partial charge on any atom is -0.276 e. The summed E-state index contributed by atoms with van der Waals surface area (Å²) in [6.07, 6.45) is 1.45. The van der Waals surface area contributed by atoms with Crippen molar-refractivity contribution in [1.82, 2.24) is 4.98 Å². The van der Waals surface area contributed by atoms with E-state index in [2.05, 4.69) is 9.71 Å². The van der Waals surface area contributed by atoms with Crippen LogP contribution in [-0.4, -0.2) is 18.3 Å². The molecule has 1 N–H and O–H groups in total. The Hall–Kier alpha value is -2.19. The Bertz CT molecular complexity index is 788. The quantitative estimate of drug-likeness (QED) is 0.528. The molecule has 0 atom stereocenters. The molecular formula is C12H10ClN3O4S. The highest BCUT2D eigenvalue weighted by Crippen LogP contribution is 2.26. The van der Waals surface area contributed by atoms with Crippen molar-refractivity contribution in [3.05, 3.63) is 57.4 Å². The Morgan fingerprint density at radius 3 is 2.67 bits per heavy atom. The van der Waals surface area contributed by atoms with Gasteiger partial charge in [-0.2, -0.15) is 0 Å². The molecule has 0 spiro atoms. The summed E-state index contributed by atoms with van der Waals surface area (Å²) >= 11 is 5.86. The van der Waals surface area contributed by atoms with Gasteiger partial charge in [-0.25, -0.2) is 13.4 Å². The number of non-ortho nitro benzene ring substituents is 1. The third kappa shape index (κ3) is 3.29. The average Bonchev–Trinajstić information content (AvgIpc) is 2.43. The molecule has 1 heterocycles. The average molecular weight is 328 g/mol. The summed E-state index contributed by atoms with van der Waals surface area (Å²) in [6.45, 7) is 1.67. The molecule has 0 aliphatic heterocycles. The van der Waals surface area contributed by atoms with Crippen LogP contribution in [0, 0.1) is 17.0 Å². The number of nitrogens with zero attached hydrogens (tertiary/aromatic N) is 2. The fourth-order valence-electron chi connectivity index (χ4n) is 1.61. The van der Waals surface area contributed by atoms with Crippen molar-refractivity contribution in [2.75, 3.05) is 4.72 Å². The molecule has 0 fully saturated rings. The number of pyridine rings is 1. The van der Waals surface area contributed by atoms with Crippen molar-refractivity contribution in [3.8, 4) is 0 Å². The van der Waals surface area contributed by atoms with E-state index >= 15 is 0 Å². The van der Waals surface area contributed by atoms with Crippen molar-refractivity contribution in [2.24, 2.45) is 0 Å². The fraction of sp³-hybridized carbons (Fsp3) is 0.0833. The van der Waals surface area contributed by atoms with Gasteiger partial charge in [0.15, 0.2) is 5.15 Å². The molecule has 0 bridgehead atoms. The predicted molar refractivity (Wildman–Crippen MR) is 77.9 cm³/mol. The Kier molecular flexibility index (Phi) is 4.10. The predicted octanol–water partition coefficient (Wildman–Crippen LogP) is 2.75. The first-order valence-electron chi connectivity index (χ1n) is 5.69. The van der Waals surface area contributed by atoms with Gasteiger partial charge in [-0.1, -0.05) is 17.7 Å². The maximum absolute atomic E-state index is 12.3. The Morgan fingerprint density at radius 1 is 1.33 bits per heavy atom. The molecule has 0 unspecified atom stereocenters. The lowest BCUT2D eigenvalue weighted by molar-refractivity contribution is -0.385. The number of rotatable bonds is 4. The van der Waals surface area contributed by atoms with Gasteiger partial charge >= 0.3 is 0 Å². The summed E-state index contributed by atoms with van der Waals surface area (Å²) in [6, 6.07) is 6.33. The molecule has 0 radical (unpaired) electrons. The summed E-state index contributed by atoms with van der Waals surface area (Å²) in [5, 5.41) is 10.7. The number of nitro groups is 1. The van der Waals surface area contributed by atoms with Crippen LogP contribution in [0.3, 0.4) is 0 Å². The number of anilines is 1. The molecule has 21 heavy (non-hydrogen) atoms. The molecule has 7 nitrogen and oxygen atoms in total. The van der Waals surface area contributed by atoms with Gasteiger partial charge in [-0.15, -0.1) is 0 Å². The van der Waals surface area contributed by atoms with Crippen LogP contribution in [0.4, 0.5) is 11.4 Å². The Labute approximate surface area is 125 Å². The standard InChI is InChI=1S/C12H10ClN3O4S/c1-8-5-6-14-12(13)11(8)15-21(19,20)10-4-2-3-9(7-10)16(17)18/h2-7,15H,1H3. The van der Waals surface area contributed by atoms with Crippen molar-refractivity contribution < 1.29 is 13.3 Å². The van der Waals surface area contributed by atoms with E-state index in [0.29, 0.717) is 5.56 Å². The van der Waals surface area contributed by atoms with Gasteiger partial charge in [0.1, 0.15) is 0 Å². The van der Waals surface area contributed by atoms with E-state index in [1.165, 1.54) is 24.4 Å². The molecule has 0 saturated heterocycles. The summed E-state index contributed by atoms with van der Waals surface area (Å²) in [5.74, 6) is 0. The van der Waals surface area contributed by atoms with Gasteiger partial charge in [0.25, 0.3) is 15.7 Å². The highest BCUT2D eigenvalue weighted by atomic mass is 35.5. The molecule has 0 aliphatic rings. The second-order valence-corrected chi connectivity index (χ2v) is 6.19. The van der Waals surface area contributed by atoms with Crippen LogP contribution in [0.2, 0.25) is 5.15 Å². The van der Waals surface area contributed by atoms with Crippen molar-refractivity contribution in [1.29, 1.82) is 0 Å². The maximum atomic E-state index is 12.3. The summed E-state index contributed by atoms with van der Waals surface area (Å²) in [5.41, 5.74) is 0.418. The molecule has 2 aromatic rings. The van der Waals surface area contributed by atoms with Gasteiger partial charge in [0, 0.05) is 18.3 Å². The molecule has 0 amide bonds. The SMILES string of the molecule is Cc1ccnc(Cl)c1NS(=O)(=O)c1cccc([N+](=O)[O-])c1. The van der Waals surface area contributed by atoms with E-state index in [4.69, 9.17) is 11.6 Å². The first-order valence-corrected chi connectivity index (χ1v) is 7.56. The maximum Gasteiger partial charge on any atom is 0.270 e. The van der Waals surface area contributed by atoms with Crippen LogP contribution >= 0.6 is 11.6 Å². The van der Waals surface area contributed by atoms with Crippen LogP contribution in [0.5, 0.6) is 0 Å². The second kappa shape index (κ2) is 5.66. The van der Waals surface area contributed by atoms with Crippen LogP contribution in [0.25, 0.3) is 0 Å². The lowest BCUT2D eigenvalue weighted by Gasteiger charge is -2.11. The van der Waals surface area contributed by atoms with Gasteiger partial charge in [-0.05, 0) is 24.6 Å². The minimum atomic E-state index is -3.99. The lowest BCUT2D eigenvalue weighted by atomic mass is 10.3. The Balaban J connectivity index is 2.44. The zero-order valence-electron chi connectivity index (χ0n) is 10.8. The number of aromatic nitrogens is 1. The number of nitro benzene ring substituents is 1. The second-order valence-electron chi connectivity index (χ2n) is 4.15. The number of benzene rings is 1. The molecule has 0 aliphatic carbocycles. The van der Waals surface area contributed by atoms with Crippen molar-refractivity contribution >= 4 is 33.0 Å². The molecule has 1 aromatic heterocycles. The number of hydrogen-bond acceptors (Lipinski definition) is 5. The molecular weight excluding hydrogens is 318 g/mol. The summed E-state index contributed by atoms with van der Waals surface area (Å²) in [7, 11) is -3.99. The van der Waals surface area contributed by atoms with E-state index in [0.717, 1.165) is 6.07 Å². The molecule has 2 rings (SSSR count). The van der Waals surface area contributed by atoms with Crippen LogP contribution < -0.4 is 4.72 Å². The van der Waals surface area contributed by atoms with E-state index in [9.17, 15) is 18.5 Å². The smallest absolute Gasteiger partial charge is 0.270 e. The minimum absolute atomic E-state index is 0.00371. The number of nitrogens with one attached hydrogen (secondary N) is 1. The largest absolute Gasteiger partial charge is 0.276 e. The van der Waals surface area contributed by atoms with Crippen LogP contribution in [0.15, 0.2) is 41.4 Å². The number of hydrogen-bond donors (Lipinski definition) is 1. The van der Waals surface area contributed by atoms with Gasteiger partial charge in [0.05, 0.1) is 15.5 Å². The zero-order chi connectivity index (χ0) is 15.6.